The SMILES string of the molecule is Cc1cc2nc3c4c(c5ccccc5c3nc2cc1C)OC(N)=C(C#N)C4c1ccccc1. The molecule has 1 atom stereocenters. The van der Waals surface area contributed by atoms with Crippen LogP contribution in [0.5, 0.6) is 5.75 Å². The molecular weight excluding hydrogens is 408 g/mol. The second kappa shape index (κ2) is 7.04. The molecule has 1 unspecified atom stereocenters. The molecule has 2 heterocycles. The smallest absolute Gasteiger partial charge is 0.205 e. The van der Waals surface area contributed by atoms with Crippen LogP contribution in [0.1, 0.15) is 28.2 Å². The predicted octanol–water partition coefficient (Wildman–Crippen LogP) is 5.77. The molecule has 5 nitrogen and oxygen atoms in total. The van der Waals surface area contributed by atoms with Crippen LogP contribution in [0.15, 0.2) is 78.2 Å². The van der Waals surface area contributed by atoms with E-state index in [2.05, 4.69) is 32.0 Å². The van der Waals surface area contributed by atoms with Gasteiger partial charge >= 0.3 is 0 Å². The van der Waals surface area contributed by atoms with Crippen molar-refractivity contribution in [2.45, 2.75) is 19.8 Å². The molecule has 0 spiro atoms. The summed E-state index contributed by atoms with van der Waals surface area (Å²) in [5, 5.41) is 11.9. The van der Waals surface area contributed by atoms with Crippen LogP contribution >= 0.6 is 0 Å². The molecule has 0 bridgehead atoms. The molecule has 33 heavy (non-hydrogen) atoms. The fraction of sp³-hybridized carbons (Fsp3) is 0.107. The van der Waals surface area contributed by atoms with Crippen LogP contribution in [0.2, 0.25) is 0 Å². The number of rotatable bonds is 1. The molecule has 4 aromatic carbocycles. The molecule has 0 fully saturated rings. The number of aryl methyl sites for hydroxylation is 2. The summed E-state index contributed by atoms with van der Waals surface area (Å²) < 4.78 is 6.13. The number of nitrogens with zero attached hydrogens (tertiary/aromatic N) is 3. The fourth-order valence-electron chi connectivity index (χ4n) is 4.76. The van der Waals surface area contributed by atoms with E-state index in [4.69, 9.17) is 20.4 Å². The van der Waals surface area contributed by atoms with Crippen molar-refractivity contribution in [2.24, 2.45) is 5.73 Å². The molecule has 1 aliphatic heterocycles. The standard InChI is InChI=1S/C28H20N4O/c1-15-12-21-22(13-16(15)2)32-26-24-23(17-8-4-3-5-9-17)20(14-29)28(30)33-27(24)19-11-7-6-10-18(19)25(26)31-21/h3-13,23H,30H2,1-2H3. The Labute approximate surface area is 190 Å². The maximum Gasteiger partial charge on any atom is 0.205 e. The molecule has 2 N–H and O–H groups in total. The summed E-state index contributed by atoms with van der Waals surface area (Å²) in [6, 6.07) is 24.3. The number of nitriles is 1. The van der Waals surface area contributed by atoms with Crippen LogP contribution in [-0.4, -0.2) is 9.97 Å². The molecule has 5 aromatic rings. The highest BCUT2D eigenvalue weighted by atomic mass is 16.5. The average Bonchev–Trinajstić information content (AvgIpc) is 2.84. The van der Waals surface area contributed by atoms with Crippen LogP contribution in [0.4, 0.5) is 0 Å². The number of aromatic nitrogens is 2. The van der Waals surface area contributed by atoms with E-state index in [1.807, 2.05) is 54.6 Å². The van der Waals surface area contributed by atoms with Crippen molar-refractivity contribution in [3.05, 3.63) is 100 Å². The van der Waals surface area contributed by atoms with Crippen molar-refractivity contribution < 1.29 is 4.74 Å². The van der Waals surface area contributed by atoms with Gasteiger partial charge in [-0.3, -0.25) is 0 Å². The number of allylic oxidation sites excluding steroid dienone is 1. The largest absolute Gasteiger partial charge is 0.439 e. The molecular formula is C28H20N4O. The maximum absolute atomic E-state index is 10.0. The van der Waals surface area contributed by atoms with Gasteiger partial charge in [0.2, 0.25) is 5.88 Å². The Bertz CT molecular complexity index is 1680. The van der Waals surface area contributed by atoms with E-state index in [0.717, 1.165) is 49.5 Å². The first-order chi connectivity index (χ1) is 16.1. The van der Waals surface area contributed by atoms with Gasteiger partial charge in [-0.2, -0.15) is 5.26 Å². The topological polar surface area (TPSA) is 84.8 Å². The number of ether oxygens (including phenoxy) is 1. The minimum absolute atomic E-state index is 0.128. The molecule has 0 radical (unpaired) electrons. The lowest BCUT2D eigenvalue weighted by Crippen LogP contribution is -2.22. The highest BCUT2D eigenvalue weighted by molar-refractivity contribution is 6.11. The van der Waals surface area contributed by atoms with Gasteiger partial charge in [-0.1, -0.05) is 54.6 Å². The zero-order chi connectivity index (χ0) is 22.7. The van der Waals surface area contributed by atoms with Crippen LogP contribution in [0.25, 0.3) is 32.8 Å². The molecule has 0 aliphatic carbocycles. The summed E-state index contributed by atoms with van der Waals surface area (Å²) in [5.74, 6) is 0.370. The fourth-order valence-corrected chi connectivity index (χ4v) is 4.76. The van der Waals surface area contributed by atoms with Crippen molar-refractivity contribution in [3.8, 4) is 11.8 Å². The van der Waals surface area contributed by atoms with Crippen molar-refractivity contribution in [1.82, 2.24) is 9.97 Å². The zero-order valence-electron chi connectivity index (χ0n) is 18.3. The molecule has 1 aromatic heterocycles. The summed E-state index contributed by atoms with van der Waals surface area (Å²) in [6.07, 6.45) is 0. The molecule has 5 heteroatoms. The van der Waals surface area contributed by atoms with Crippen LogP contribution < -0.4 is 10.5 Å². The summed E-state index contributed by atoms with van der Waals surface area (Å²) in [7, 11) is 0. The number of fused-ring (bicyclic) bond motifs is 7. The van der Waals surface area contributed by atoms with Gasteiger partial charge in [-0.15, -0.1) is 0 Å². The maximum atomic E-state index is 10.0. The number of hydrogen-bond donors (Lipinski definition) is 1. The Morgan fingerprint density at radius 3 is 2.12 bits per heavy atom. The van der Waals surface area contributed by atoms with Crippen LogP contribution in [-0.2, 0) is 0 Å². The third kappa shape index (κ3) is 2.78. The normalized spacial score (nSPS) is 15.5. The summed E-state index contributed by atoms with van der Waals surface area (Å²) in [4.78, 5) is 10.2. The summed E-state index contributed by atoms with van der Waals surface area (Å²) in [6.45, 7) is 4.15. The van der Waals surface area contributed by atoms with Gasteiger partial charge in [0.1, 0.15) is 17.4 Å². The monoisotopic (exact) mass is 428 g/mol. The van der Waals surface area contributed by atoms with Gasteiger partial charge in [0, 0.05) is 16.3 Å². The van der Waals surface area contributed by atoms with E-state index in [1.165, 1.54) is 5.56 Å². The van der Waals surface area contributed by atoms with Crippen molar-refractivity contribution >= 4 is 32.8 Å². The van der Waals surface area contributed by atoms with Gasteiger partial charge in [-0.05, 0) is 42.7 Å². The number of nitrogens with two attached hydrogens (primary N) is 1. The number of benzene rings is 4. The van der Waals surface area contributed by atoms with Gasteiger partial charge in [0.05, 0.1) is 28.0 Å². The third-order valence-electron chi connectivity index (χ3n) is 6.51. The summed E-state index contributed by atoms with van der Waals surface area (Å²) in [5.41, 5.74) is 14.0. The van der Waals surface area contributed by atoms with Gasteiger partial charge in [-0.25, -0.2) is 9.97 Å². The first-order valence-electron chi connectivity index (χ1n) is 10.8. The van der Waals surface area contributed by atoms with Crippen molar-refractivity contribution in [1.29, 1.82) is 5.26 Å². The van der Waals surface area contributed by atoms with E-state index in [-0.39, 0.29) is 5.88 Å². The van der Waals surface area contributed by atoms with Crippen molar-refractivity contribution in [2.75, 3.05) is 0 Å². The highest BCUT2D eigenvalue weighted by Gasteiger charge is 2.35. The van der Waals surface area contributed by atoms with Gasteiger partial charge in [0.15, 0.2) is 0 Å². The van der Waals surface area contributed by atoms with E-state index in [9.17, 15) is 5.26 Å². The predicted molar refractivity (Wildman–Crippen MR) is 130 cm³/mol. The van der Waals surface area contributed by atoms with Crippen LogP contribution in [0, 0.1) is 25.2 Å². The third-order valence-corrected chi connectivity index (χ3v) is 6.51. The first-order valence-corrected chi connectivity index (χ1v) is 10.8. The molecule has 0 saturated heterocycles. The lowest BCUT2D eigenvalue weighted by atomic mass is 9.81. The molecule has 158 valence electrons. The Hall–Kier alpha value is -4.43. The van der Waals surface area contributed by atoms with E-state index in [0.29, 0.717) is 11.3 Å². The molecule has 0 saturated carbocycles. The zero-order valence-corrected chi connectivity index (χ0v) is 18.3. The Morgan fingerprint density at radius 1 is 0.848 bits per heavy atom. The quantitative estimate of drug-likeness (QED) is 0.271. The molecule has 0 amide bonds. The van der Waals surface area contributed by atoms with Crippen LogP contribution in [0.3, 0.4) is 0 Å². The first kappa shape index (κ1) is 19.3. The minimum atomic E-state index is -0.398. The number of hydrogen-bond acceptors (Lipinski definition) is 5. The average molecular weight is 428 g/mol. The van der Waals surface area contributed by atoms with Crippen molar-refractivity contribution in [3.63, 3.8) is 0 Å². The molecule has 1 aliphatic rings. The molecule has 6 rings (SSSR count). The lowest BCUT2D eigenvalue weighted by molar-refractivity contribution is 0.399. The Kier molecular flexibility index (Phi) is 4.11. The lowest BCUT2D eigenvalue weighted by Gasteiger charge is -2.28. The van der Waals surface area contributed by atoms with E-state index < -0.39 is 5.92 Å². The highest BCUT2D eigenvalue weighted by Crippen LogP contribution is 2.49. The van der Waals surface area contributed by atoms with E-state index >= 15 is 0 Å². The van der Waals surface area contributed by atoms with Gasteiger partial charge < -0.3 is 10.5 Å². The Balaban J connectivity index is 1.83. The second-order valence-corrected chi connectivity index (χ2v) is 8.47. The Morgan fingerprint density at radius 2 is 1.45 bits per heavy atom. The van der Waals surface area contributed by atoms with E-state index in [1.54, 1.807) is 0 Å². The second-order valence-electron chi connectivity index (χ2n) is 8.47. The van der Waals surface area contributed by atoms with Gasteiger partial charge in [0.25, 0.3) is 0 Å². The summed E-state index contributed by atoms with van der Waals surface area (Å²) >= 11 is 0. The minimum Gasteiger partial charge on any atom is -0.439 e.